The quantitative estimate of drug-likeness (QED) is 0.0998. The molecule has 64 heavy (non-hydrogen) atoms. The number of fused-ring (bicyclic) bond motifs is 2. The van der Waals surface area contributed by atoms with Crippen LogP contribution in [-0.4, -0.2) is 93.1 Å². The molecule has 14 heteroatoms. The van der Waals surface area contributed by atoms with E-state index in [2.05, 4.69) is 107 Å². The molecule has 2 saturated heterocycles. The Morgan fingerprint density at radius 2 is 0.891 bits per heavy atom. The molecule has 0 unspecified atom stereocenters. The molecule has 2 aliphatic heterocycles. The van der Waals surface area contributed by atoms with Gasteiger partial charge in [-0.05, 0) is 94.2 Å². The molecule has 2 aromatic heterocycles. The van der Waals surface area contributed by atoms with E-state index < -0.39 is 24.3 Å². The van der Waals surface area contributed by atoms with Crippen molar-refractivity contribution in [3.05, 3.63) is 96.6 Å². The SMILES string of the molecule is COC(=O)N[C@H](C(=O)N1C[C@@H](C)C[C@H]1c1nc2ccc(-c3ccc(-c4ccc(-c5ccc6nc([C@@H]7C[C@H](C)CN7C(=O)[C@@H](NC(=O)OC)C(C)C)[nH]c6c5)cc4)cc3)cc2[nH]1)C(C)C. The van der Waals surface area contributed by atoms with Crippen LogP contribution in [0.15, 0.2) is 84.9 Å². The van der Waals surface area contributed by atoms with Gasteiger partial charge >= 0.3 is 12.2 Å². The lowest BCUT2D eigenvalue weighted by Crippen LogP contribution is -2.51. The van der Waals surface area contributed by atoms with Crippen LogP contribution < -0.4 is 10.6 Å². The molecule has 14 nitrogen and oxygen atoms in total. The smallest absolute Gasteiger partial charge is 0.407 e. The fourth-order valence-electron chi connectivity index (χ4n) is 9.30. The summed E-state index contributed by atoms with van der Waals surface area (Å²) in [6.45, 7) is 13.1. The van der Waals surface area contributed by atoms with E-state index in [-0.39, 0.29) is 47.6 Å². The van der Waals surface area contributed by atoms with E-state index in [0.717, 1.165) is 79.9 Å². The van der Waals surface area contributed by atoms with Gasteiger partial charge in [0.05, 0.1) is 48.4 Å². The zero-order chi connectivity index (χ0) is 45.4. The van der Waals surface area contributed by atoms with E-state index in [9.17, 15) is 19.2 Å². The number of hydrogen-bond acceptors (Lipinski definition) is 8. The Bertz CT molecular complexity index is 2490. The van der Waals surface area contributed by atoms with Crippen molar-refractivity contribution in [2.24, 2.45) is 23.7 Å². The molecule has 8 rings (SSSR count). The van der Waals surface area contributed by atoms with Crippen LogP contribution >= 0.6 is 0 Å². The number of imidazole rings is 2. The fraction of sp³-hybridized carbons (Fsp3) is 0.400. The van der Waals surface area contributed by atoms with E-state index in [0.29, 0.717) is 13.1 Å². The Hall–Kier alpha value is -6.70. The van der Waals surface area contributed by atoms with Gasteiger partial charge in [-0.1, -0.05) is 102 Å². The van der Waals surface area contributed by atoms with Crippen molar-refractivity contribution < 1.29 is 28.7 Å². The van der Waals surface area contributed by atoms with E-state index in [1.807, 2.05) is 49.6 Å². The Balaban J connectivity index is 0.955. The molecule has 2 fully saturated rings. The summed E-state index contributed by atoms with van der Waals surface area (Å²) in [5.41, 5.74) is 9.89. The summed E-state index contributed by atoms with van der Waals surface area (Å²) >= 11 is 0. The molecule has 4 N–H and O–H groups in total. The van der Waals surface area contributed by atoms with Gasteiger partial charge in [-0.25, -0.2) is 19.6 Å². The number of nitrogens with zero attached hydrogens (tertiary/aromatic N) is 4. The number of aromatic nitrogens is 4. The van der Waals surface area contributed by atoms with Gasteiger partial charge in [0, 0.05) is 13.1 Å². The molecule has 6 atom stereocenters. The summed E-state index contributed by atoms with van der Waals surface area (Å²) in [6, 6.07) is 27.6. The average Bonchev–Trinajstić information content (AvgIpc) is 4.10. The lowest BCUT2D eigenvalue weighted by atomic mass is 9.98. The van der Waals surface area contributed by atoms with Gasteiger partial charge in [0.2, 0.25) is 11.8 Å². The minimum Gasteiger partial charge on any atom is -0.453 e. The highest BCUT2D eigenvalue weighted by atomic mass is 16.5. The number of rotatable bonds is 11. The summed E-state index contributed by atoms with van der Waals surface area (Å²) in [5, 5.41) is 5.45. The molecule has 334 valence electrons. The minimum atomic E-state index is -0.701. The number of carbonyl (C=O) groups is 4. The van der Waals surface area contributed by atoms with Gasteiger partial charge < -0.3 is 39.9 Å². The highest BCUT2D eigenvalue weighted by Crippen LogP contribution is 2.38. The van der Waals surface area contributed by atoms with Gasteiger partial charge in [0.25, 0.3) is 0 Å². The molecule has 0 spiro atoms. The predicted octanol–water partition coefficient (Wildman–Crippen LogP) is 9.02. The van der Waals surface area contributed by atoms with Crippen LogP contribution in [-0.2, 0) is 19.1 Å². The molecule has 4 heterocycles. The Morgan fingerprint density at radius 3 is 1.22 bits per heavy atom. The Kier molecular flexibility index (Phi) is 12.5. The Morgan fingerprint density at radius 1 is 0.562 bits per heavy atom. The number of methoxy groups -OCH3 is 2. The molecule has 0 radical (unpaired) electrons. The van der Waals surface area contributed by atoms with Gasteiger partial charge in [-0.2, -0.15) is 0 Å². The normalized spacial score (nSPS) is 19.7. The number of carbonyl (C=O) groups excluding carboxylic acids is 4. The molecular formula is C50H58N8O6. The van der Waals surface area contributed by atoms with Gasteiger partial charge in [0.1, 0.15) is 23.7 Å². The maximum atomic E-state index is 13.8. The maximum absolute atomic E-state index is 13.8. The summed E-state index contributed by atoms with van der Waals surface area (Å²) in [7, 11) is 2.60. The van der Waals surface area contributed by atoms with Crippen molar-refractivity contribution in [2.45, 2.75) is 78.6 Å². The zero-order valence-corrected chi connectivity index (χ0v) is 37.8. The maximum Gasteiger partial charge on any atom is 0.407 e. The minimum absolute atomic E-state index is 0.115. The van der Waals surface area contributed by atoms with Crippen molar-refractivity contribution in [2.75, 3.05) is 27.3 Å². The third kappa shape index (κ3) is 8.91. The monoisotopic (exact) mass is 866 g/mol. The van der Waals surface area contributed by atoms with Crippen molar-refractivity contribution in [1.82, 2.24) is 40.4 Å². The highest BCUT2D eigenvalue weighted by molar-refractivity contribution is 5.88. The van der Waals surface area contributed by atoms with E-state index in [1.165, 1.54) is 14.2 Å². The van der Waals surface area contributed by atoms with Crippen molar-refractivity contribution in [3.8, 4) is 33.4 Å². The number of hydrogen-bond donors (Lipinski definition) is 4. The van der Waals surface area contributed by atoms with Crippen LogP contribution in [0, 0.1) is 23.7 Å². The average molecular weight is 867 g/mol. The zero-order valence-electron chi connectivity index (χ0n) is 37.8. The standard InChI is InChI=1S/C50H58N8O6/c1-27(2)43(55-49(61)63-7)47(59)57-25-29(5)21-41(57)45-51-37-19-17-35(23-39(37)53-45)33-13-9-31(10-14-33)32-11-15-34(16-12-32)36-18-20-38-40(24-36)54-46(52-38)42-22-30(6)26-58(42)48(60)44(28(3)4)56-50(62)64-8/h9-20,23-24,27-30,41-44H,21-22,25-26H2,1-8H3,(H,51,53)(H,52,54)(H,55,61)(H,56,62)/t29-,30-,41-,42-,43-,44-/m0/s1. The molecule has 4 amide bonds. The number of aromatic amines is 2. The molecule has 0 bridgehead atoms. The first-order valence-corrected chi connectivity index (χ1v) is 22.2. The second kappa shape index (κ2) is 18.2. The number of amides is 4. The lowest BCUT2D eigenvalue weighted by molar-refractivity contribution is -0.136. The number of likely N-dealkylation sites (tertiary alicyclic amines) is 2. The van der Waals surface area contributed by atoms with Crippen LogP contribution in [0.5, 0.6) is 0 Å². The summed E-state index contributed by atoms with van der Waals surface area (Å²) in [6.07, 6.45) is 0.296. The Labute approximate surface area is 373 Å². The van der Waals surface area contributed by atoms with Crippen molar-refractivity contribution in [1.29, 1.82) is 0 Å². The van der Waals surface area contributed by atoms with Gasteiger partial charge in [0.15, 0.2) is 0 Å². The molecule has 2 aliphatic rings. The lowest BCUT2D eigenvalue weighted by Gasteiger charge is -2.30. The highest BCUT2D eigenvalue weighted by Gasteiger charge is 2.41. The number of benzene rings is 4. The van der Waals surface area contributed by atoms with Crippen LogP contribution in [0.2, 0.25) is 0 Å². The third-order valence-corrected chi connectivity index (χ3v) is 12.8. The predicted molar refractivity (Wildman–Crippen MR) is 247 cm³/mol. The second-order valence-electron chi connectivity index (χ2n) is 18.3. The first-order valence-electron chi connectivity index (χ1n) is 22.2. The second-order valence-corrected chi connectivity index (χ2v) is 18.3. The van der Waals surface area contributed by atoms with E-state index in [1.54, 1.807) is 0 Å². The first-order chi connectivity index (χ1) is 30.7. The van der Waals surface area contributed by atoms with E-state index >= 15 is 0 Å². The van der Waals surface area contributed by atoms with Crippen LogP contribution in [0.3, 0.4) is 0 Å². The van der Waals surface area contributed by atoms with Gasteiger partial charge in [-0.15, -0.1) is 0 Å². The summed E-state index contributed by atoms with van der Waals surface area (Å²) < 4.78 is 9.60. The number of nitrogens with one attached hydrogen (secondary N) is 4. The fourth-order valence-corrected chi connectivity index (χ4v) is 9.30. The van der Waals surface area contributed by atoms with Gasteiger partial charge in [-0.3, -0.25) is 9.59 Å². The molecule has 6 aromatic rings. The van der Waals surface area contributed by atoms with Crippen LogP contribution in [0.1, 0.15) is 78.1 Å². The third-order valence-electron chi connectivity index (χ3n) is 12.8. The van der Waals surface area contributed by atoms with Crippen LogP contribution in [0.25, 0.3) is 55.4 Å². The summed E-state index contributed by atoms with van der Waals surface area (Å²) in [5.74, 6) is 1.53. The van der Waals surface area contributed by atoms with Crippen LogP contribution in [0.4, 0.5) is 9.59 Å². The van der Waals surface area contributed by atoms with E-state index in [4.69, 9.17) is 19.4 Å². The van der Waals surface area contributed by atoms with Crippen molar-refractivity contribution in [3.63, 3.8) is 0 Å². The number of alkyl carbamates (subject to hydrolysis) is 2. The first kappa shape index (κ1) is 43.9. The molecular weight excluding hydrogens is 809 g/mol. The molecule has 0 saturated carbocycles. The summed E-state index contributed by atoms with van der Waals surface area (Å²) in [4.78, 5) is 72.3. The largest absolute Gasteiger partial charge is 0.453 e. The van der Waals surface area contributed by atoms with Crippen molar-refractivity contribution >= 4 is 46.1 Å². The number of H-pyrrole nitrogens is 2. The molecule has 4 aromatic carbocycles. The topological polar surface area (TPSA) is 175 Å². The molecule has 0 aliphatic carbocycles. The number of ether oxygens (including phenoxy) is 2.